The van der Waals surface area contributed by atoms with E-state index in [9.17, 15) is 9.59 Å². The first-order chi connectivity index (χ1) is 11.6. The monoisotopic (exact) mass is 324 g/mol. The van der Waals surface area contributed by atoms with Crippen molar-refractivity contribution >= 4 is 17.9 Å². The third-order valence-electron chi connectivity index (χ3n) is 4.02. The van der Waals surface area contributed by atoms with Crippen molar-refractivity contribution in [3.05, 3.63) is 65.2 Å². The summed E-state index contributed by atoms with van der Waals surface area (Å²) in [5, 5.41) is 2.74. The van der Waals surface area contributed by atoms with E-state index in [1.165, 1.54) is 6.26 Å². The zero-order valence-electron chi connectivity index (χ0n) is 13.6. The van der Waals surface area contributed by atoms with Crippen LogP contribution in [0.15, 0.2) is 52.8 Å². The fraction of sp³-hybridized carbons (Fsp3) is 0.263. The Bertz CT molecular complexity index is 739. The Morgan fingerprint density at radius 2 is 1.83 bits per heavy atom. The predicted octanol–water partition coefficient (Wildman–Crippen LogP) is 2.98. The van der Waals surface area contributed by atoms with Gasteiger partial charge < -0.3 is 14.6 Å². The Hall–Kier alpha value is -2.82. The second kappa shape index (κ2) is 7.17. The van der Waals surface area contributed by atoms with Gasteiger partial charge in [-0.2, -0.15) is 0 Å². The second-order valence-corrected chi connectivity index (χ2v) is 5.89. The molecule has 5 heteroatoms. The van der Waals surface area contributed by atoms with E-state index in [0.29, 0.717) is 24.4 Å². The van der Waals surface area contributed by atoms with Gasteiger partial charge in [0, 0.05) is 24.7 Å². The molecule has 0 atom stereocenters. The molecule has 24 heavy (non-hydrogen) atoms. The van der Waals surface area contributed by atoms with E-state index in [0.717, 1.165) is 18.4 Å². The van der Waals surface area contributed by atoms with Crippen LogP contribution in [0.3, 0.4) is 0 Å². The second-order valence-electron chi connectivity index (χ2n) is 5.89. The zero-order valence-corrected chi connectivity index (χ0v) is 13.6. The number of furan rings is 1. The van der Waals surface area contributed by atoms with Crippen molar-refractivity contribution in [3.63, 3.8) is 0 Å². The Morgan fingerprint density at radius 1 is 1.12 bits per heavy atom. The molecule has 1 aliphatic heterocycles. The van der Waals surface area contributed by atoms with E-state index in [2.05, 4.69) is 5.32 Å². The molecule has 124 valence electrons. The molecule has 1 aromatic carbocycles. The maximum Gasteiger partial charge on any atom is 0.270 e. The third-order valence-corrected chi connectivity index (χ3v) is 4.02. The van der Waals surface area contributed by atoms with Gasteiger partial charge in [-0.3, -0.25) is 9.59 Å². The quantitative estimate of drug-likeness (QED) is 0.880. The number of carbonyl (C=O) groups excluding carboxylic acids is 2. The average Bonchev–Trinajstić information content (AvgIpc) is 3.28. The number of nitrogens with one attached hydrogen (secondary N) is 1. The molecular weight excluding hydrogens is 304 g/mol. The molecule has 2 aromatic rings. The summed E-state index contributed by atoms with van der Waals surface area (Å²) >= 11 is 0. The molecule has 3 rings (SSSR count). The smallest absolute Gasteiger partial charge is 0.270 e. The lowest BCUT2D eigenvalue weighted by Crippen LogP contribution is -2.36. The van der Waals surface area contributed by atoms with Crippen LogP contribution >= 0.6 is 0 Å². The van der Waals surface area contributed by atoms with Crippen molar-refractivity contribution in [2.45, 2.75) is 19.8 Å². The minimum absolute atomic E-state index is 0.177. The van der Waals surface area contributed by atoms with E-state index in [1.807, 2.05) is 19.1 Å². The van der Waals surface area contributed by atoms with Crippen molar-refractivity contribution in [2.24, 2.45) is 0 Å². The van der Waals surface area contributed by atoms with Gasteiger partial charge in [0.15, 0.2) is 0 Å². The maximum absolute atomic E-state index is 12.7. The van der Waals surface area contributed by atoms with Crippen LogP contribution in [-0.2, 0) is 4.79 Å². The number of nitrogens with zero attached hydrogens (tertiary/aromatic N) is 1. The molecule has 0 spiro atoms. The van der Waals surface area contributed by atoms with Crippen molar-refractivity contribution in [1.29, 1.82) is 0 Å². The average molecular weight is 324 g/mol. The van der Waals surface area contributed by atoms with E-state index in [1.54, 1.807) is 35.2 Å². The SMILES string of the molecule is Cc1ccc(C(=O)N/C(=C\c2ccco2)C(=O)N2CCCC2)cc1. The fourth-order valence-corrected chi connectivity index (χ4v) is 2.66. The molecule has 1 N–H and O–H groups in total. The van der Waals surface area contributed by atoms with Crippen molar-refractivity contribution in [1.82, 2.24) is 10.2 Å². The summed E-state index contributed by atoms with van der Waals surface area (Å²) < 4.78 is 5.28. The van der Waals surface area contributed by atoms with Gasteiger partial charge >= 0.3 is 0 Å². The zero-order chi connectivity index (χ0) is 16.9. The number of carbonyl (C=O) groups is 2. The molecule has 1 fully saturated rings. The molecule has 0 bridgehead atoms. The minimum atomic E-state index is -0.305. The molecule has 2 heterocycles. The third kappa shape index (κ3) is 3.74. The highest BCUT2D eigenvalue weighted by Gasteiger charge is 2.23. The predicted molar refractivity (Wildman–Crippen MR) is 91.1 cm³/mol. The molecule has 0 saturated carbocycles. The van der Waals surface area contributed by atoms with E-state index in [4.69, 9.17) is 4.42 Å². The normalized spacial score (nSPS) is 14.7. The van der Waals surface area contributed by atoms with E-state index >= 15 is 0 Å². The summed E-state index contributed by atoms with van der Waals surface area (Å²) in [5.41, 5.74) is 1.82. The Morgan fingerprint density at radius 3 is 2.46 bits per heavy atom. The van der Waals surface area contributed by atoms with Crippen LogP contribution in [0.25, 0.3) is 6.08 Å². The number of rotatable bonds is 4. The van der Waals surface area contributed by atoms with Crippen LogP contribution in [0.4, 0.5) is 0 Å². The number of hydrogen-bond donors (Lipinski definition) is 1. The molecule has 2 amide bonds. The lowest BCUT2D eigenvalue weighted by atomic mass is 10.1. The number of amides is 2. The van der Waals surface area contributed by atoms with Crippen LogP contribution in [0.2, 0.25) is 0 Å². The summed E-state index contributed by atoms with van der Waals surface area (Å²) in [6.07, 6.45) is 5.09. The molecular formula is C19H20N2O3. The Balaban J connectivity index is 1.82. The highest BCUT2D eigenvalue weighted by Crippen LogP contribution is 2.14. The summed E-state index contributed by atoms with van der Waals surface area (Å²) in [4.78, 5) is 26.9. The van der Waals surface area contributed by atoms with Crippen molar-refractivity contribution in [3.8, 4) is 0 Å². The highest BCUT2D eigenvalue weighted by molar-refractivity contribution is 6.05. The molecule has 0 radical (unpaired) electrons. The molecule has 5 nitrogen and oxygen atoms in total. The lowest BCUT2D eigenvalue weighted by Gasteiger charge is -2.18. The summed E-state index contributed by atoms with van der Waals surface area (Å²) in [6.45, 7) is 3.39. The van der Waals surface area contributed by atoms with Crippen molar-refractivity contribution < 1.29 is 14.0 Å². The first-order valence-electron chi connectivity index (χ1n) is 8.06. The minimum Gasteiger partial charge on any atom is -0.465 e. The van der Waals surface area contributed by atoms with Gasteiger partial charge in [0.2, 0.25) is 0 Å². The highest BCUT2D eigenvalue weighted by atomic mass is 16.3. The molecule has 0 aliphatic carbocycles. The van der Waals surface area contributed by atoms with Crippen molar-refractivity contribution in [2.75, 3.05) is 13.1 Å². The van der Waals surface area contributed by atoms with Crippen LogP contribution < -0.4 is 5.32 Å². The number of hydrogen-bond acceptors (Lipinski definition) is 3. The topological polar surface area (TPSA) is 62.6 Å². The van der Waals surface area contributed by atoms with Gasteiger partial charge in [0.05, 0.1) is 6.26 Å². The van der Waals surface area contributed by atoms with Gasteiger partial charge in [-0.05, 0) is 44.0 Å². The van der Waals surface area contributed by atoms with Crippen LogP contribution in [-0.4, -0.2) is 29.8 Å². The summed E-state index contributed by atoms with van der Waals surface area (Å²) in [5.74, 6) is 0.0477. The number of likely N-dealkylation sites (tertiary alicyclic amines) is 1. The summed E-state index contributed by atoms with van der Waals surface area (Å²) in [6, 6.07) is 10.7. The number of aryl methyl sites for hydroxylation is 1. The largest absolute Gasteiger partial charge is 0.465 e. The van der Waals surface area contributed by atoms with Crippen LogP contribution in [0.5, 0.6) is 0 Å². The van der Waals surface area contributed by atoms with Gasteiger partial charge in [0.25, 0.3) is 11.8 Å². The van der Waals surface area contributed by atoms with Gasteiger partial charge in [-0.1, -0.05) is 17.7 Å². The van der Waals surface area contributed by atoms with Crippen LogP contribution in [0, 0.1) is 6.92 Å². The Kier molecular flexibility index (Phi) is 4.79. The molecule has 1 aliphatic rings. The van der Waals surface area contributed by atoms with Gasteiger partial charge in [-0.15, -0.1) is 0 Å². The standard InChI is InChI=1S/C19H20N2O3/c1-14-6-8-15(9-7-14)18(22)20-17(13-16-5-4-12-24-16)19(23)21-10-2-3-11-21/h4-9,12-13H,2-3,10-11H2,1H3,(H,20,22)/b17-13-. The summed E-state index contributed by atoms with van der Waals surface area (Å²) in [7, 11) is 0. The fourth-order valence-electron chi connectivity index (χ4n) is 2.66. The molecule has 0 unspecified atom stereocenters. The first-order valence-corrected chi connectivity index (χ1v) is 8.06. The molecule has 1 saturated heterocycles. The van der Waals surface area contributed by atoms with Gasteiger partial charge in [0.1, 0.15) is 11.5 Å². The maximum atomic E-state index is 12.7. The number of benzene rings is 1. The van der Waals surface area contributed by atoms with E-state index < -0.39 is 0 Å². The Labute approximate surface area is 141 Å². The van der Waals surface area contributed by atoms with E-state index in [-0.39, 0.29) is 17.5 Å². The lowest BCUT2D eigenvalue weighted by molar-refractivity contribution is -0.126. The molecule has 1 aromatic heterocycles. The first kappa shape index (κ1) is 16.1. The van der Waals surface area contributed by atoms with Gasteiger partial charge in [-0.25, -0.2) is 0 Å². The van der Waals surface area contributed by atoms with Crippen LogP contribution in [0.1, 0.15) is 34.5 Å².